The van der Waals surface area contributed by atoms with Gasteiger partial charge in [-0.05, 0) is 18.6 Å². The molecule has 0 aliphatic rings. The Kier molecular flexibility index (Phi) is 5.89. The second kappa shape index (κ2) is 6.43. The number of aromatic nitrogens is 1. The lowest BCUT2D eigenvalue weighted by Crippen LogP contribution is -2.23. The first kappa shape index (κ1) is 11.9. The van der Waals surface area contributed by atoms with E-state index in [-0.39, 0.29) is 18.3 Å². The second-order valence-corrected chi connectivity index (χ2v) is 2.49. The lowest BCUT2D eigenvalue weighted by atomic mass is 10.2. The van der Waals surface area contributed by atoms with E-state index in [0.29, 0.717) is 5.56 Å². The van der Waals surface area contributed by atoms with Gasteiger partial charge in [0.15, 0.2) is 0 Å². The maximum absolute atomic E-state index is 11.3. The lowest BCUT2D eigenvalue weighted by Gasteiger charge is -2.01. The number of carbonyl (C=O) groups is 1. The normalized spacial score (nSPS) is 8.69. The van der Waals surface area contributed by atoms with E-state index in [1.807, 2.05) is 6.92 Å². The number of hydrogen-bond acceptors (Lipinski definition) is 2. The summed E-state index contributed by atoms with van der Waals surface area (Å²) < 4.78 is 0. The summed E-state index contributed by atoms with van der Waals surface area (Å²) in [6.45, 7) is 2.74. The van der Waals surface area contributed by atoms with Crippen LogP contribution in [0.25, 0.3) is 0 Å². The minimum atomic E-state index is -0.0285. The fourth-order valence-corrected chi connectivity index (χ4v) is 0.844. The molecule has 0 unspecified atom stereocenters. The van der Waals surface area contributed by atoms with Crippen molar-refractivity contribution in [1.82, 2.24) is 10.3 Å². The SMILES string of the molecule is CCCNC(=O)c1ccncc1.Cl. The van der Waals surface area contributed by atoms with E-state index in [1.165, 1.54) is 0 Å². The molecular weight excluding hydrogens is 188 g/mol. The first-order valence-corrected chi connectivity index (χ1v) is 4.03. The molecule has 0 saturated heterocycles. The maximum atomic E-state index is 11.3. The first-order chi connectivity index (χ1) is 5.84. The molecule has 72 valence electrons. The number of rotatable bonds is 3. The van der Waals surface area contributed by atoms with E-state index >= 15 is 0 Å². The Bertz CT molecular complexity index is 251. The summed E-state index contributed by atoms with van der Waals surface area (Å²) in [7, 11) is 0. The topological polar surface area (TPSA) is 42.0 Å². The number of amides is 1. The summed E-state index contributed by atoms with van der Waals surface area (Å²) in [6, 6.07) is 3.40. The summed E-state index contributed by atoms with van der Waals surface area (Å²) in [4.78, 5) is 15.1. The van der Waals surface area contributed by atoms with Gasteiger partial charge in [0, 0.05) is 24.5 Å². The standard InChI is InChI=1S/C9H12N2O.ClH/c1-2-5-11-9(12)8-3-6-10-7-4-8;/h3-4,6-7H,2,5H2,1H3,(H,11,12);1H. The van der Waals surface area contributed by atoms with Gasteiger partial charge in [0.2, 0.25) is 0 Å². The fraction of sp³-hybridized carbons (Fsp3) is 0.333. The van der Waals surface area contributed by atoms with Crippen LogP contribution in [0.2, 0.25) is 0 Å². The van der Waals surface area contributed by atoms with Crippen LogP contribution >= 0.6 is 12.4 Å². The minimum absolute atomic E-state index is 0. The Morgan fingerprint density at radius 2 is 2.08 bits per heavy atom. The lowest BCUT2D eigenvalue weighted by molar-refractivity contribution is 0.0953. The molecule has 0 radical (unpaired) electrons. The first-order valence-electron chi connectivity index (χ1n) is 4.03. The van der Waals surface area contributed by atoms with Crippen LogP contribution in [0.15, 0.2) is 24.5 Å². The highest BCUT2D eigenvalue weighted by Crippen LogP contribution is 1.94. The monoisotopic (exact) mass is 200 g/mol. The Morgan fingerprint density at radius 3 is 2.62 bits per heavy atom. The van der Waals surface area contributed by atoms with Crippen LogP contribution in [0.1, 0.15) is 23.7 Å². The van der Waals surface area contributed by atoms with Crippen LogP contribution < -0.4 is 5.32 Å². The highest BCUT2D eigenvalue weighted by atomic mass is 35.5. The van der Waals surface area contributed by atoms with Gasteiger partial charge in [-0.2, -0.15) is 0 Å². The molecule has 4 heteroatoms. The third kappa shape index (κ3) is 3.90. The molecule has 0 fully saturated rings. The maximum Gasteiger partial charge on any atom is 0.251 e. The Labute approximate surface area is 84.0 Å². The molecular formula is C9H13ClN2O. The van der Waals surface area contributed by atoms with E-state index in [2.05, 4.69) is 10.3 Å². The second-order valence-electron chi connectivity index (χ2n) is 2.49. The van der Waals surface area contributed by atoms with Gasteiger partial charge in [0.05, 0.1) is 0 Å². The third-order valence-electron chi connectivity index (χ3n) is 1.48. The molecule has 1 rings (SSSR count). The largest absolute Gasteiger partial charge is 0.352 e. The average molecular weight is 201 g/mol. The molecule has 1 heterocycles. The van der Waals surface area contributed by atoms with Crippen molar-refractivity contribution < 1.29 is 4.79 Å². The number of carbonyl (C=O) groups excluding carboxylic acids is 1. The number of nitrogens with zero attached hydrogens (tertiary/aromatic N) is 1. The van der Waals surface area contributed by atoms with Crippen molar-refractivity contribution in [2.75, 3.05) is 6.54 Å². The quantitative estimate of drug-likeness (QED) is 0.806. The molecule has 0 spiro atoms. The van der Waals surface area contributed by atoms with Gasteiger partial charge < -0.3 is 5.32 Å². The van der Waals surface area contributed by atoms with Crippen molar-refractivity contribution in [3.63, 3.8) is 0 Å². The van der Waals surface area contributed by atoms with Crippen molar-refractivity contribution in [2.24, 2.45) is 0 Å². The van der Waals surface area contributed by atoms with Crippen LogP contribution in [0, 0.1) is 0 Å². The number of pyridine rings is 1. The summed E-state index contributed by atoms with van der Waals surface area (Å²) in [5.41, 5.74) is 0.665. The highest BCUT2D eigenvalue weighted by Gasteiger charge is 2.01. The van der Waals surface area contributed by atoms with Crippen LogP contribution in [-0.2, 0) is 0 Å². The molecule has 0 atom stereocenters. The molecule has 13 heavy (non-hydrogen) atoms. The summed E-state index contributed by atoms with van der Waals surface area (Å²) in [6.07, 6.45) is 4.18. The Balaban J connectivity index is 0.00000144. The van der Waals surface area contributed by atoms with Gasteiger partial charge >= 0.3 is 0 Å². The van der Waals surface area contributed by atoms with Crippen molar-refractivity contribution in [2.45, 2.75) is 13.3 Å². The molecule has 3 nitrogen and oxygen atoms in total. The number of halogens is 1. The van der Waals surface area contributed by atoms with E-state index in [9.17, 15) is 4.79 Å². The Hall–Kier alpha value is -1.09. The average Bonchev–Trinajstić information content (AvgIpc) is 2.15. The molecule has 0 saturated carbocycles. The number of nitrogens with one attached hydrogen (secondary N) is 1. The van der Waals surface area contributed by atoms with Crippen LogP contribution in [-0.4, -0.2) is 17.4 Å². The van der Waals surface area contributed by atoms with Gasteiger partial charge in [0.1, 0.15) is 0 Å². The van der Waals surface area contributed by atoms with Gasteiger partial charge in [-0.1, -0.05) is 6.92 Å². The molecule has 0 aromatic carbocycles. The Morgan fingerprint density at radius 1 is 1.46 bits per heavy atom. The fourth-order valence-electron chi connectivity index (χ4n) is 0.844. The van der Waals surface area contributed by atoms with Crippen molar-refractivity contribution >= 4 is 18.3 Å². The number of hydrogen-bond donors (Lipinski definition) is 1. The molecule has 0 aliphatic carbocycles. The highest BCUT2D eigenvalue weighted by molar-refractivity contribution is 5.93. The predicted octanol–water partition coefficient (Wildman–Crippen LogP) is 1.64. The van der Waals surface area contributed by atoms with E-state index in [0.717, 1.165) is 13.0 Å². The summed E-state index contributed by atoms with van der Waals surface area (Å²) in [5.74, 6) is -0.0285. The van der Waals surface area contributed by atoms with E-state index < -0.39 is 0 Å². The predicted molar refractivity (Wildman–Crippen MR) is 54.1 cm³/mol. The summed E-state index contributed by atoms with van der Waals surface area (Å²) >= 11 is 0. The molecule has 1 aromatic rings. The molecule has 1 amide bonds. The zero-order valence-electron chi connectivity index (χ0n) is 7.49. The van der Waals surface area contributed by atoms with E-state index in [1.54, 1.807) is 24.5 Å². The zero-order chi connectivity index (χ0) is 8.81. The van der Waals surface area contributed by atoms with Gasteiger partial charge in [0.25, 0.3) is 5.91 Å². The van der Waals surface area contributed by atoms with Crippen LogP contribution in [0.5, 0.6) is 0 Å². The van der Waals surface area contributed by atoms with Crippen molar-refractivity contribution in [3.8, 4) is 0 Å². The zero-order valence-corrected chi connectivity index (χ0v) is 8.30. The van der Waals surface area contributed by atoms with Crippen LogP contribution in [0.3, 0.4) is 0 Å². The van der Waals surface area contributed by atoms with Crippen LogP contribution in [0.4, 0.5) is 0 Å². The van der Waals surface area contributed by atoms with Gasteiger partial charge in [-0.15, -0.1) is 12.4 Å². The molecule has 1 aromatic heterocycles. The minimum Gasteiger partial charge on any atom is -0.352 e. The third-order valence-corrected chi connectivity index (χ3v) is 1.48. The smallest absolute Gasteiger partial charge is 0.251 e. The van der Waals surface area contributed by atoms with Crippen molar-refractivity contribution in [1.29, 1.82) is 0 Å². The van der Waals surface area contributed by atoms with Gasteiger partial charge in [-0.3, -0.25) is 9.78 Å². The summed E-state index contributed by atoms with van der Waals surface area (Å²) in [5, 5.41) is 2.78. The van der Waals surface area contributed by atoms with Crippen molar-refractivity contribution in [3.05, 3.63) is 30.1 Å². The van der Waals surface area contributed by atoms with Gasteiger partial charge in [-0.25, -0.2) is 0 Å². The molecule has 0 bridgehead atoms. The van der Waals surface area contributed by atoms with E-state index in [4.69, 9.17) is 0 Å². The molecule has 1 N–H and O–H groups in total. The molecule has 0 aliphatic heterocycles.